The van der Waals surface area contributed by atoms with E-state index in [-0.39, 0.29) is 11.1 Å². The third-order valence-electron chi connectivity index (χ3n) is 2.80. The predicted molar refractivity (Wildman–Crippen MR) is 77.6 cm³/mol. The molecule has 5 nitrogen and oxygen atoms in total. The maximum absolute atomic E-state index is 12.2. The van der Waals surface area contributed by atoms with E-state index < -0.39 is 0 Å². The smallest absolute Gasteiger partial charge is 0.258 e. The first-order valence-corrected chi connectivity index (χ1v) is 6.70. The van der Waals surface area contributed by atoms with Crippen molar-refractivity contribution in [2.45, 2.75) is 13.8 Å². The Labute approximate surface area is 124 Å². The molecule has 0 aromatic carbocycles. The number of halogens is 2. The van der Waals surface area contributed by atoms with Crippen LogP contribution in [0.3, 0.4) is 0 Å². The molecule has 100 valence electrons. The molecule has 2 rings (SSSR count). The van der Waals surface area contributed by atoms with Gasteiger partial charge in [0.25, 0.3) is 5.91 Å². The molecule has 2 aromatic rings. The molecule has 0 atom stereocenters. The van der Waals surface area contributed by atoms with Gasteiger partial charge in [-0.3, -0.25) is 9.48 Å². The van der Waals surface area contributed by atoms with Crippen LogP contribution in [0.15, 0.2) is 16.7 Å². The van der Waals surface area contributed by atoms with Crippen LogP contribution >= 0.6 is 27.5 Å². The van der Waals surface area contributed by atoms with Crippen LogP contribution in [0.4, 0.5) is 5.69 Å². The van der Waals surface area contributed by atoms with Gasteiger partial charge in [-0.25, -0.2) is 4.98 Å². The number of pyridine rings is 1. The molecule has 2 aromatic heterocycles. The van der Waals surface area contributed by atoms with E-state index >= 15 is 0 Å². The SMILES string of the molecule is Cc1nn(C)c(C)c1NC(=O)c1cc(Br)cnc1Cl. The lowest BCUT2D eigenvalue weighted by molar-refractivity contribution is 0.102. The Kier molecular flexibility index (Phi) is 3.91. The Balaban J connectivity index is 2.33. The van der Waals surface area contributed by atoms with Crippen LogP contribution in [0.2, 0.25) is 5.15 Å². The Morgan fingerprint density at radius 2 is 2.16 bits per heavy atom. The van der Waals surface area contributed by atoms with Gasteiger partial charge in [-0.05, 0) is 35.8 Å². The summed E-state index contributed by atoms with van der Waals surface area (Å²) in [4.78, 5) is 16.1. The van der Waals surface area contributed by atoms with Crippen molar-refractivity contribution in [2.24, 2.45) is 7.05 Å². The molecule has 0 bridgehead atoms. The normalized spacial score (nSPS) is 10.6. The van der Waals surface area contributed by atoms with E-state index in [1.165, 1.54) is 0 Å². The van der Waals surface area contributed by atoms with Gasteiger partial charge >= 0.3 is 0 Å². The van der Waals surface area contributed by atoms with Crippen LogP contribution in [0, 0.1) is 13.8 Å². The second kappa shape index (κ2) is 5.30. The van der Waals surface area contributed by atoms with Crippen molar-refractivity contribution in [3.8, 4) is 0 Å². The monoisotopic (exact) mass is 342 g/mol. The van der Waals surface area contributed by atoms with Crippen LogP contribution in [0.25, 0.3) is 0 Å². The van der Waals surface area contributed by atoms with E-state index in [1.807, 2.05) is 20.9 Å². The summed E-state index contributed by atoms with van der Waals surface area (Å²) >= 11 is 9.19. The van der Waals surface area contributed by atoms with Crippen LogP contribution in [-0.2, 0) is 7.05 Å². The third kappa shape index (κ3) is 2.79. The van der Waals surface area contributed by atoms with Gasteiger partial charge in [0.2, 0.25) is 0 Å². The van der Waals surface area contributed by atoms with Gasteiger partial charge in [-0.2, -0.15) is 5.10 Å². The average molecular weight is 344 g/mol. The van der Waals surface area contributed by atoms with Crippen LogP contribution in [0.1, 0.15) is 21.7 Å². The molecule has 0 aliphatic carbocycles. The first-order chi connectivity index (χ1) is 8.90. The number of aryl methyl sites for hydroxylation is 2. The number of hydrogen-bond acceptors (Lipinski definition) is 3. The maximum atomic E-state index is 12.2. The molecule has 0 fully saturated rings. The average Bonchev–Trinajstić information content (AvgIpc) is 2.59. The first-order valence-electron chi connectivity index (χ1n) is 5.52. The summed E-state index contributed by atoms with van der Waals surface area (Å²) in [7, 11) is 1.83. The number of anilines is 1. The van der Waals surface area contributed by atoms with Crippen molar-refractivity contribution in [1.82, 2.24) is 14.8 Å². The summed E-state index contributed by atoms with van der Waals surface area (Å²) in [6.07, 6.45) is 1.54. The summed E-state index contributed by atoms with van der Waals surface area (Å²) < 4.78 is 2.41. The molecule has 0 aliphatic rings. The second-order valence-corrected chi connectivity index (χ2v) is 5.39. The summed E-state index contributed by atoms with van der Waals surface area (Å²) in [5, 5.41) is 7.22. The largest absolute Gasteiger partial charge is 0.319 e. The zero-order valence-electron chi connectivity index (χ0n) is 10.7. The lowest BCUT2D eigenvalue weighted by Crippen LogP contribution is -2.14. The lowest BCUT2D eigenvalue weighted by atomic mass is 10.2. The standard InChI is InChI=1S/C12H12BrClN4O/c1-6-10(7(2)18(3)17-6)16-12(19)9-4-8(13)5-15-11(9)14/h4-5H,1-3H3,(H,16,19). The number of nitrogens with one attached hydrogen (secondary N) is 1. The number of amides is 1. The Hall–Kier alpha value is -1.40. The van der Waals surface area contributed by atoms with Gasteiger partial charge < -0.3 is 5.32 Å². The predicted octanol–water partition coefficient (Wildman–Crippen LogP) is 3.10. The fraction of sp³-hybridized carbons (Fsp3) is 0.250. The molecule has 2 heterocycles. The molecule has 0 saturated heterocycles. The minimum Gasteiger partial charge on any atom is -0.319 e. The second-order valence-electron chi connectivity index (χ2n) is 4.12. The Morgan fingerprint density at radius 1 is 1.47 bits per heavy atom. The lowest BCUT2D eigenvalue weighted by Gasteiger charge is -2.07. The van der Waals surface area contributed by atoms with Crippen molar-refractivity contribution in [1.29, 1.82) is 0 Å². The van der Waals surface area contributed by atoms with Gasteiger partial charge in [0.15, 0.2) is 0 Å². The summed E-state index contributed by atoms with van der Waals surface area (Å²) in [5.74, 6) is -0.307. The number of hydrogen-bond donors (Lipinski definition) is 1. The van der Waals surface area contributed by atoms with Crippen LogP contribution in [-0.4, -0.2) is 20.7 Å². The minimum atomic E-state index is -0.307. The molecule has 0 unspecified atom stereocenters. The molecule has 7 heteroatoms. The maximum Gasteiger partial charge on any atom is 0.258 e. The molecule has 0 spiro atoms. The first kappa shape index (κ1) is 14.0. The van der Waals surface area contributed by atoms with Crippen molar-refractivity contribution in [2.75, 3.05) is 5.32 Å². The molecule has 1 amide bonds. The van der Waals surface area contributed by atoms with Gasteiger partial charge in [-0.1, -0.05) is 11.6 Å². The number of carbonyl (C=O) groups is 1. The molecule has 0 aliphatic heterocycles. The van der Waals surface area contributed by atoms with E-state index in [0.29, 0.717) is 15.7 Å². The van der Waals surface area contributed by atoms with Gasteiger partial charge in [0.05, 0.1) is 22.6 Å². The minimum absolute atomic E-state index is 0.167. The molecular weight excluding hydrogens is 332 g/mol. The highest BCUT2D eigenvalue weighted by Gasteiger charge is 2.16. The topological polar surface area (TPSA) is 59.8 Å². The van der Waals surface area contributed by atoms with Gasteiger partial charge in [-0.15, -0.1) is 0 Å². The van der Waals surface area contributed by atoms with Crippen LogP contribution in [0.5, 0.6) is 0 Å². The van der Waals surface area contributed by atoms with E-state index in [1.54, 1.807) is 16.9 Å². The van der Waals surface area contributed by atoms with Gasteiger partial charge in [0.1, 0.15) is 5.15 Å². The Bertz CT molecular complexity index is 653. The van der Waals surface area contributed by atoms with Crippen molar-refractivity contribution >= 4 is 39.1 Å². The van der Waals surface area contributed by atoms with E-state index in [2.05, 4.69) is 31.3 Å². The third-order valence-corrected chi connectivity index (χ3v) is 3.53. The quantitative estimate of drug-likeness (QED) is 0.852. The zero-order valence-corrected chi connectivity index (χ0v) is 13.0. The van der Waals surface area contributed by atoms with E-state index in [0.717, 1.165) is 11.4 Å². The summed E-state index contributed by atoms with van der Waals surface area (Å²) in [5.41, 5.74) is 2.65. The molecule has 19 heavy (non-hydrogen) atoms. The van der Waals surface area contributed by atoms with Gasteiger partial charge in [0, 0.05) is 17.7 Å². The summed E-state index contributed by atoms with van der Waals surface area (Å²) in [6, 6.07) is 1.63. The van der Waals surface area contributed by atoms with Crippen LogP contribution < -0.4 is 5.32 Å². The van der Waals surface area contributed by atoms with E-state index in [4.69, 9.17) is 11.6 Å². The fourth-order valence-corrected chi connectivity index (χ4v) is 2.24. The van der Waals surface area contributed by atoms with Crippen molar-refractivity contribution in [3.63, 3.8) is 0 Å². The molecule has 0 radical (unpaired) electrons. The summed E-state index contributed by atoms with van der Waals surface area (Å²) in [6.45, 7) is 3.72. The number of aromatic nitrogens is 3. The Morgan fingerprint density at radius 3 is 2.74 bits per heavy atom. The highest BCUT2D eigenvalue weighted by molar-refractivity contribution is 9.10. The van der Waals surface area contributed by atoms with Crippen molar-refractivity contribution < 1.29 is 4.79 Å². The highest BCUT2D eigenvalue weighted by atomic mass is 79.9. The highest BCUT2D eigenvalue weighted by Crippen LogP contribution is 2.22. The molecule has 0 saturated carbocycles. The van der Waals surface area contributed by atoms with E-state index in [9.17, 15) is 4.79 Å². The zero-order chi connectivity index (χ0) is 14.2. The fourth-order valence-electron chi connectivity index (χ4n) is 1.72. The van der Waals surface area contributed by atoms with Crippen molar-refractivity contribution in [3.05, 3.63) is 38.8 Å². The molecule has 1 N–H and O–H groups in total. The molecular formula is C12H12BrClN4O. The number of rotatable bonds is 2. The number of carbonyl (C=O) groups excluding carboxylic acids is 1. The number of nitrogens with zero attached hydrogens (tertiary/aromatic N) is 3.